The van der Waals surface area contributed by atoms with Crippen molar-refractivity contribution in [3.63, 3.8) is 0 Å². The van der Waals surface area contributed by atoms with Gasteiger partial charge in [0.1, 0.15) is 0 Å². The summed E-state index contributed by atoms with van der Waals surface area (Å²) in [6.45, 7) is 0. The Hall–Kier alpha value is -3.66. The zero-order chi connectivity index (χ0) is 20.7. The van der Waals surface area contributed by atoms with Crippen molar-refractivity contribution < 1.29 is 13.6 Å². The van der Waals surface area contributed by atoms with Crippen molar-refractivity contribution in [2.45, 2.75) is 12.8 Å². The normalized spacial score (nSPS) is 13.3. The molecular weight excluding hydrogens is 380 g/mol. The van der Waals surface area contributed by atoms with Gasteiger partial charge in [-0.15, -0.1) is 0 Å². The van der Waals surface area contributed by atoms with E-state index in [1.54, 1.807) is 18.2 Å². The van der Waals surface area contributed by atoms with Crippen LogP contribution in [0, 0.1) is 11.6 Å². The fourth-order valence-electron chi connectivity index (χ4n) is 3.91. The van der Waals surface area contributed by atoms with Crippen molar-refractivity contribution >= 4 is 28.8 Å². The van der Waals surface area contributed by atoms with Gasteiger partial charge in [0.2, 0.25) is 0 Å². The minimum absolute atomic E-state index is 0.0506. The van der Waals surface area contributed by atoms with Crippen LogP contribution < -0.4 is 0 Å². The molecule has 0 saturated heterocycles. The molecule has 1 aliphatic carbocycles. The molecule has 0 radical (unpaired) electrons. The largest absolute Gasteiger partial charge is 0.289 e. The molecule has 4 aromatic rings. The van der Waals surface area contributed by atoms with Gasteiger partial charge in [-0.2, -0.15) is 0 Å². The van der Waals surface area contributed by atoms with Crippen molar-refractivity contribution in [3.8, 4) is 0 Å². The minimum Gasteiger partial charge on any atom is -0.289 e. The number of hydrogen-bond donors (Lipinski definition) is 0. The maximum atomic E-state index is 13.5. The summed E-state index contributed by atoms with van der Waals surface area (Å²) in [7, 11) is 0. The molecule has 146 valence electrons. The van der Waals surface area contributed by atoms with Crippen LogP contribution in [0.15, 0.2) is 66.7 Å². The van der Waals surface area contributed by atoms with E-state index in [1.807, 2.05) is 48.5 Å². The Bertz CT molecular complexity index is 1340. The highest BCUT2D eigenvalue weighted by atomic mass is 19.2. The number of carbonyl (C=O) groups excluding carboxylic acids is 1. The van der Waals surface area contributed by atoms with Gasteiger partial charge in [0.25, 0.3) is 0 Å². The molecule has 5 rings (SSSR count). The zero-order valence-electron chi connectivity index (χ0n) is 16.0. The van der Waals surface area contributed by atoms with Crippen LogP contribution in [0.1, 0.15) is 38.3 Å². The molecule has 0 N–H and O–H groups in total. The number of pyridine rings is 1. The first-order chi connectivity index (χ1) is 14.6. The van der Waals surface area contributed by atoms with Crippen LogP contribution in [-0.2, 0) is 12.8 Å². The SMILES string of the molecule is O=C1c2ccccc2CCc2ccc(C=Cc3ccc4cc(F)c(F)cc4n3)cc21. The zero-order valence-corrected chi connectivity index (χ0v) is 16.0. The highest BCUT2D eigenvalue weighted by Crippen LogP contribution is 2.26. The van der Waals surface area contributed by atoms with Gasteiger partial charge in [-0.1, -0.05) is 48.5 Å². The van der Waals surface area contributed by atoms with Crippen LogP contribution in [0.3, 0.4) is 0 Å². The fourth-order valence-corrected chi connectivity index (χ4v) is 3.91. The number of carbonyl (C=O) groups is 1. The van der Waals surface area contributed by atoms with E-state index in [0.29, 0.717) is 16.6 Å². The molecular formula is C26H17F2NO. The van der Waals surface area contributed by atoms with Crippen LogP contribution in [0.5, 0.6) is 0 Å². The average Bonchev–Trinajstić information content (AvgIpc) is 2.90. The first-order valence-corrected chi connectivity index (χ1v) is 9.78. The van der Waals surface area contributed by atoms with Crippen molar-refractivity contribution in [1.82, 2.24) is 4.98 Å². The Kier molecular flexibility index (Phi) is 4.47. The highest BCUT2D eigenvalue weighted by molar-refractivity contribution is 6.11. The molecule has 0 fully saturated rings. The van der Waals surface area contributed by atoms with Gasteiger partial charge in [0.15, 0.2) is 17.4 Å². The van der Waals surface area contributed by atoms with Gasteiger partial charge < -0.3 is 0 Å². The van der Waals surface area contributed by atoms with Crippen molar-refractivity contribution in [2.75, 3.05) is 0 Å². The van der Waals surface area contributed by atoms with Gasteiger partial charge in [0, 0.05) is 22.6 Å². The van der Waals surface area contributed by atoms with Gasteiger partial charge >= 0.3 is 0 Å². The second-order valence-corrected chi connectivity index (χ2v) is 7.43. The Labute approximate surface area is 172 Å². The second kappa shape index (κ2) is 7.30. The first-order valence-electron chi connectivity index (χ1n) is 9.78. The summed E-state index contributed by atoms with van der Waals surface area (Å²) in [5.41, 5.74) is 5.53. The second-order valence-electron chi connectivity index (χ2n) is 7.43. The van der Waals surface area contributed by atoms with Crippen LogP contribution in [0.25, 0.3) is 23.1 Å². The standard InChI is InChI=1S/C26H17F2NO/c27-23-14-19-10-12-20(29-25(19)15-24(23)28)11-6-16-5-7-18-9-8-17-3-1-2-4-21(17)26(30)22(18)13-16/h1-7,10-15H,8-9H2. The fraction of sp³-hybridized carbons (Fsp3) is 0.0769. The third kappa shape index (κ3) is 3.30. The number of aryl methyl sites for hydroxylation is 2. The number of rotatable bonds is 2. The van der Waals surface area contributed by atoms with Crippen LogP contribution in [0.2, 0.25) is 0 Å². The molecule has 1 aliphatic rings. The number of ketones is 1. The van der Waals surface area contributed by atoms with Gasteiger partial charge in [-0.3, -0.25) is 4.79 Å². The number of hydrogen-bond acceptors (Lipinski definition) is 2. The smallest absolute Gasteiger partial charge is 0.193 e. The molecule has 3 aromatic carbocycles. The third-order valence-electron chi connectivity index (χ3n) is 5.50. The predicted molar refractivity (Wildman–Crippen MR) is 114 cm³/mol. The van der Waals surface area contributed by atoms with Gasteiger partial charge in [-0.05, 0) is 53.8 Å². The lowest BCUT2D eigenvalue weighted by atomic mass is 9.97. The predicted octanol–water partition coefficient (Wildman–Crippen LogP) is 6.01. The van der Waals surface area contributed by atoms with E-state index in [4.69, 9.17) is 0 Å². The quantitative estimate of drug-likeness (QED) is 0.414. The molecule has 0 amide bonds. The van der Waals surface area contributed by atoms with Gasteiger partial charge in [-0.25, -0.2) is 13.8 Å². The molecule has 0 atom stereocenters. The lowest BCUT2D eigenvalue weighted by Crippen LogP contribution is -2.04. The summed E-state index contributed by atoms with van der Waals surface area (Å²) in [4.78, 5) is 17.4. The van der Waals surface area contributed by atoms with Crippen molar-refractivity contribution in [2.24, 2.45) is 0 Å². The van der Waals surface area contributed by atoms with E-state index in [1.165, 1.54) is 0 Å². The Morgan fingerprint density at radius 2 is 1.53 bits per heavy atom. The third-order valence-corrected chi connectivity index (χ3v) is 5.50. The van der Waals surface area contributed by atoms with E-state index in [-0.39, 0.29) is 5.78 Å². The molecule has 4 heteroatoms. The van der Waals surface area contributed by atoms with E-state index in [0.717, 1.165) is 52.8 Å². The highest BCUT2D eigenvalue weighted by Gasteiger charge is 2.20. The molecule has 0 bridgehead atoms. The minimum atomic E-state index is -0.916. The van der Waals surface area contributed by atoms with E-state index in [9.17, 15) is 13.6 Å². The molecule has 2 nitrogen and oxygen atoms in total. The Morgan fingerprint density at radius 1 is 0.767 bits per heavy atom. The maximum Gasteiger partial charge on any atom is 0.193 e. The van der Waals surface area contributed by atoms with Crippen LogP contribution in [-0.4, -0.2) is 10.8 Å². The number of aromatic nitrogens is 1. The molecule has 0 unspecified atom stereocenters. The Balaban J connectivity index is 1.48. The average molecular weight is 397 g/mol. The van der Waals surface area contributed by atoms with E-state index in [2.05, 4.69) is 4.98 Å². The summed E-state index contributed by atoms with van der Waals surface area (Å²) < 4.78 is 26.9. The number of benzene rings is 3. The van der Waals surface area contributed by atoms with Gasteiger partial charge in [0.05, 0.1) is 11.2 Å². The van der Waals surface area contributed by atoms with Crippen molar-refractivity contribution in [3.05, 3.63) is 112 Å². The lowest BCUT2D eigenvalue weighted by molar-refractivity contribution is 0.103. The van der Waals surface area contributed by atoms with Crippen molar-refractivity contribution in [1.29, 1.82) is 0 Å². The number of nitrogens with zero attached hydrogens (tertiary/aromatic N) is 1. The summed E-state index contributed by atoms with van der Waals surface area (Å²) in [6.07, 6.45) is 5.36. The summed E-state index contributed by atoms with van der Waals surface area (Å²) >= 11 is 0. The summed E-state index contributed by atoms with van der Waals surface area (Å²) in [6, 6.07) is 19.4. The molecule has 0 spiro atoms. The first kappa shape index (κ1) is 18.4. The molecule has 0 saturated carbocycles. The molecule has 0 aliphatic heterocycles. The summed E-state index contributed by atoms with van der Waals surface area (Å²) in [5, 5.41) is 0.542. The van der Waals surface area contributed by atoms with Crippen LogP contribution >= 0.6 is 0 Å². The molecule has 30 heavy (non-hydrogen) atoms. The Morgan fingerprint density at radius 3 is 2.40 bits per heavy atom. The van der Waals surface area contributed by atoms with E-state index >= 15 is 0 Å². The molecule has 1 aromatic heterocycles. The van der Waals surface area contributed by atoms with E-state index < -0.39 is 11.6 Å². The number of fused-ring (bicyclic) bond motifs is 3. The lowest BCUT2D eigenvalue weighted by Gasteiger charge is -2.06. The number of halogens is 2. The monoisotopic (exact) mass is 397 g/mol. The topological polar surface area (TPSA) is 30.0 Å². The molecule has 1 heterocycles. The summed E-state index contributed by atoms with van der Waals surface area (Å²) in [5.74, 6) is -1.75. The maximum absolute atomic E-state index is 13.5. The van der Waals surface area contributed by atoms with Crippen LogP contribution in [0.4, 0.5) is 8.78 Å².